The van der Waals surface area contributed by atoms with Gasteiger partial charge in [0, 0.05) is 23.6 Å². The molecule has 9 heteroatoms. The minimum absolute atomic E-state index is 0.0631. The summed E-state index contributed by atoms with van der Waals surface area (Å²) in [4.78, 5) is 33.8. The summed E-state index contributed by atoms with van der Waals surface area (Å²) < 4.78 is 5.38. The molecule has 1 amide bonds. The van der Waals surface area contributed by atoms with Gasteiger partial charge in [-0.15, -0.1) is 0 Å². The first-order valence-electron chi connectivity index (χ1n) is 6.68. The second-order valence-electron chi connectivity index (χ2n) is 5.23. The maximum Gasteiger partial charge on any atom is 0.289 e. The fourth-order valence-electron chi connectivity index (χ4n) is 2.86. The molecule has 2 heterocycles. The van der Waals surface area contributed by atoms with Crippen LogP contribution in [0.4, 0.5) is 11.4 Å². The third kappa shape index (κ3) is 2.66. The van der Waals surface area contributed by atoms with E-state index in [1.807, 2.05) is 0 Å². The molecule has 0 aliphatic carbocycles. The van der Waals surface area contributed by atoms with Crippen LogP contribution >= 0.6 is 11.6 Å². The lowest BCUT2D eigenvalue weighted by molar-refractivity contribution is -0.384. The van der Waals surface area contributed by atoms with Gasteiger partial charge in [-0.1, -0.05) is 23.8 Å². The molecule has 8 nitrogen and oxygen atoms in total. The molecular formula is C14H10ClN2O6-. The van der Waals surface area contributed by atoms with Crippen LogP contribution < -0.4 is 10.4 Å². The van der Waals surface area contributed by atoms with E-state index in [-0.39, 0.29) is 16.4 Å². The number of aliphatic carboxylic acids is 1. The number of anilines is 1. The Morgan fingerprint density at radius 1 is 1.22 bits per heavy atom. The Labute approximate surface area is 134 Å². The predicted octanol–water partition coefficient (Wildman–Crippen LogP) is 0.506. The third-order valence-electron chi connectivity index (χ3n) is 3.88. The molecule has 23 heavy (non-hydrogen) atoms. The van der Waals surface area contributed by atoms with Gasteiger partial charge >= 0.3 is 0 Å². The van der Waals surface area contributed by atoms with E-state index >= 15 is 0 Å². The number of hydrogen-bond acceptors (Lipinski definition) is 6. The van der Waals surface area contributed by atoms with Crippen LogP contribution in [-0.4, -0.2) is 29.0 Å². The van der Waals surface area contributed by atoms with Crippen molar-refractivity contribution in [3.63, 3.8) is 0 Å². The molecule has 1 N–H and O–H groups in total. The van der Waals surface area contributed by atoms with Crippen LogP contribution in [0.25, 0.3) is 0 Å². The van der Waals surface area contributed by atoms with Gasteiger partial charge < -0.3 is 20.0 Å². The van der Waals surface area contributed by atoms with E-state index in [1.165, 1.54) is 12.1 Å². The normalized spacial score (nSPS) is 27.9. The van der Waals surface area contributed by atoms with Gasteiger partial charge in [0.15, 0.2) is 0 Å². The Bertz CT molecular complexity index is 734. The second kappa shape index (κ2) is 5.64. The highest BCUT2D eigenvalue weighted by molar-refractivity contribution is 6.32. The second-order valence-corrected chi connectivity index (χ2v) is 5.64. The van der Waals surface area contributed by atoms with Crippen molar-refractivity contribution in [1.82, 2.24) is 0 Å². The Morgan fingerprint density at radius 3 is 2.48 bits per heavy atom. The summed E-state index contributed by atoms with van der Waals surface area (Å²) in [6, 6.07) is 3.78. The Balaban J connectivity index is 1.82. The maximum atomic E-state index is 12.4. The Kier molecular flexibility index (Phi) is 3.78. The topological polar surface area (TPSA) is 122 Å². The molecule has 2 bridgehead atoms. The molecule has 0 unspecified atom stereocenters. The molecule has 3 rings (SSSR count). The highest BCUT2D eigenvalue weighted by atomic mass is 35.5. The standard InChI is InChI=1S/C14H11ClN2O6/c15-7-2-1-6(5-8(7)17(21)22)16-13(18)11-9-3-4-10(23-9)12(11)14(19)20/h1-5,9-12H,(H,16,18)(H,19,20)/p-1/t9-,10+,11-,12-/m0/s1. The van der Waals surface area contributed by atoms with Gasteiger partial charge in [0.05, 0.1) is 23.0 Å². The number of carboxylic acids is 1. The van der Waals surface area contributed by atoms with Crippen LogP contribution in [0, 0.1) is 22.0 Å². The van der Waals surface area contributed by atoms with E-state index in [1.54, 1.807) is 12.2 Å². The van der Waals surface area contributed by atoms with Gasteiger partial charge in [0.1, 0.15) is 5.02 Å². The van der Waals surface area contributed by atoms with Gasteiger partial charge in [-0.3, -0.25) is 14.9 Å². The first-order valence-corrected chi connectivity index (χ1v) is 7.05. The zero-order chi connectivity index (χ0) is 16.7. The summed E-state index contributed by atoms with van der Waals surface area (Å²) in [6.45, 7) is 0. The van der Waals surface area contributed by atoms with Crippen LogP contribution in [0.3, 0.4) is 0 Å². The Hall–Kier alpha value is -2.45. The van der Waals surface area contributed by atoms with Crippen molar-refractivity contribution in [3.8, 4) is 0 Å². The molecule has 0 spiro atoms. The number of amides is 1. The molecule has 1 aromatic rings. The minimum Gasteiger partial charge on any atom is -0.550 e. The van der Waals surface area contributed by atoms with Crippen LogP contribution in [0.2, 0.25) is 5.02 Å². The largest absolute Gasteiger partial charge is 0.550 e. The molecule has 4 atom stereocenters. The SMILES string of the molecule is O=C(Nc1ccc(Cl)c([N+](=O)[O-])c1)[C@@H]1[C@@H](C(=O)[O-])[C@H]2C=C[C@@H]1O2. The van der Waals surface area contributed by atoms with Crippen molar-refractivity contribution in [1.29, 1.82) is 0 Å². The quantitative estimate of drug-likeness (QED) is 0.485. The van der Waals surface area contributed by atoms with Crippen molar-refractivity contribution in [3.05, 3.63) is 45.5 Å². The molecule has 2 aliphatic rings. The summed E-state index contributed by atoms with van der Waals surface area (Å²) >= 11 is 5.70. The monoisotopic (exact) mass is 337 g/mol. The number of ether oxygens (including phenoxy) is 1. The number of benzene rings is 1. The highest BCUT2D eigenvalue weighted by Crippen LogP contribution is 2.39. The van der Waals surface area contributed by atoms with Crippen LogP contribution in [0.5, 0.6) is 0 Å². The molecule has 0 saturated carbocycles. The minimum atomic E-state index is -1.37. The molecule has 120 valence electrons. The van der Waals surface area contributed by atoms with E-state index < -0.39 is 40.8 Å². The van der Waals surface area contributed by atoms with Gasteiger partial charge in [-0.2, -0.15) is 0 Å². The van der Waals surface area contributed by atoms with Crippen molar-refractivity contribution in [2.75, 3.05) is 5.32 Å². The molecule has 1 saturated heterocycles. The lowest BCUT2D eigenvalue weighted by Gasteiger charge is -2.24. The summed E-state index contributed by atoms with van der Waals surface area (Å²) in [5.74, 6) is -4.02. The molecule has 0 aromatic heterocycles. The van der Waals surface area contributed by atoms with Gasteiger partial charge in [-0.25, -0.2) is 0 Å². The number of nitro groups is 1. The average molecular weight is 338 g/mol. The van der Waals surface area contributed by atoms with Gasteiger partial charge in [-0.05, 0) is 12.1 Å². The predicted molar refractivity (Wildman–Crippen MR) is 76.5 cm³/mol. The summed E-state index contributed by atoms with van der Waals surface area (Å²) in [5.41, 5.74) is -0.208. The van der Waals surface area contributed by atoms with Crippen molar-refractivity contribution in [2.24, 2.45) is 11.8 Å². The zero-order valence-corrected chi connectivity index (χ0v) is 12.2. The van der Waals surface area contributed by atoms with Crippen LogP contribution in [-0.2, 0) is 14.3 Å². The first kappa shape index (κ1) is 15.4. The lowest BCUT2D eigenvalue weighted by Crippen LogP contribution is -2.45. The lowest BCUT2D eigenvalue weighted by atomic mass is 9.82. The zero-order valence-electron chi connectivity index (χ0n) is 11.5. The van der Waals surface area contributed by atoms with Crippen LogP contribution in [0.1, 0.15) is 0 Å². The number of rotatable bonds is 4. The van der Waals surface area contributed by atoms with Gasteiger partial charge in [0.2, 0.25) is 5.91 Å². The third-order valence-corrected chi connectivity index (χ3v) is 4.20. The smallest absolute Gasteiger partial charge is 0.289 e. The van der Waals surface area contributed by atoms with E-state index in [0.29, 0.717) is 0 Å². The number of halogens is 1. The van der Waals surface area contributed by atoms with E-state index in [9.17, 15) is 24.8 Å². The number of hydrogen-bond donors (Lipinski definition) is 1. The number of nitrogens with one attached hydrogen (secondary N) is 1. The molecule has 0 radical (unpaired) electrons. The highest BCUT2D eigenvalue weighted by Gasteiger charge is 2.50. The fraction of sp³-hybridized carbons (Fsp3) is 0.286. The number of fused-ring (bicyclic) bond motifs is 2. The van der Waals surface area contributed by atoms with Crippen molar-refractivity contribution in [2.45, 2.75) is 12.2 Å². The number of nitrogens with zero attached hydrogens (tertiary/aromatic N) is 1. The summed E-state index contributed by atoms with van der Waals surface area (Å²) in [6.07, 6.45) is 1.87. The van der Waals surface area contributed by atoms with E-state index in [0.717, 1.165) is 6.07 Å². The Morgan fingerprint density at radius 2 is 1.87 bits per heavy atom. The summed E-state index contributed by atoms with van der Waals surface area (Å²) in [7, 11) is 0. The number of nitro benzene ring substituents is 1. The first-order chi connectivity index (χ1) is 10.9. The summed E-state index contributed by atoms with van der Waals surface area (Å²) in [5, 5.41) is 24.5. The van der Waals surface area contributed by atoms with E-state index in [2.05, 4.69) is 5.32 Å². The molecule has 1 fully saturated rings. The maximum absolute atomic E-state index is 12.4. The van der Waals surface area contributed by atoms with E-state index in [4.69, 9.17) is 16.3 Å². The average Bonchev–Trinajstić information content (AvgIpc) is 3.09. The molecule has 2 aliphatic heterocycles. The number of carbonyl (C=O) groups excluding carboxylic acids is 2. The fourth-order valence-corrected chi connectivity index (χ4v) is 3.04. The number of carbonyl (C=O) groups is 2. The van der Waals surface area contributed by atoms with Crippen molar-refractivity contribution >= 4 is 34.9 Å². The number of carboxylic acid groups (broad SMARTS) is 1. The van der Waals surface area contributed by atoms with Crippen molar-refractivity contribution < 1.29 is 24.4 Å². The van der Waals surface area contributed by atoms with Crippen LogP contribution in [0.15, 0.2) is 30.4 Å². The molecular weight excluding hydrogens is 328 g/mol. The molecule has 1 aromatic carbocycles. The van der Waals surface area contributed by atoms with Gasteiger partial charge in [0.25, 0.3) is 5.69 Å².